The second kappa shape index (κ2) is 4.38. The van der Waals surface area contributed by atoms with Gasteiger partial charge >= 0.3 is 5.69 Å². The number of pyridine rings is 1. The number of aliphatic hydroxyl groups is 1. The van der Waals surface area contributed by atoms with E-state index in [1.54, 1.807) is 26.8 Å². The lowest BCUT2D eigenvalue weighted by molar-refractivity contribution is 0.198. The lowest BCUT2D eigenvalue weighted by atomic mass is 10.1. The van der Waals surface area contributed by atoms with E-state index < -0.39 is 17.4 Å². The molecule has 0 amide bonds. The SMILES string of the molecule is CCn1c(=O)[nH]c(=O)c2cc(C(C)O)c(C)nc21. The van der Waals surface area contributed by atoms with Crippen LogP contribution in [0.4, 0.5) is 0 Å². The van der Waals surface area contributed by atoms with E-state index in [2.05, 4.69) is 9.97 Å². The molecule has 0 saturated carbocycles. The molecule has 18 heavy (non-hydrogen) atoms. The van der Waals surface area contributed by atoms with Crippen molar-refractivity contribution in [2.45, 2.75) is 33.4 Å². The molecule has 0 bridgehead atoms. The monoisotopic (exact) mass is 249 g/mol. The van der Waals surface area contributed by atoms with Crippen LogP contribution in [0.25, 0.3) is 11.0 Å². The predicted molar refractivity (Wildman–Crippen MR) is 67.7 cm³/mol. The summed E-state index contributed by atoms with van der Waals surface area (Å²) in [6.07, 6.45) is -0.705. The van der Waals surface area contributed by atoms with E-state index >= 15 is 0 Å². The third-order valence-corrected chi connectivity index (χ3v) is 2.96. The summed E-state index contributed by atoms with van der Waals surface area (Å²) in [7, 11) is 0. The Morgan fingerprint density at radius 2 is 2.17 bits per heavy atom. The number of H-pyrrole nitrogens is 1. The highest BCUT2D eigenvalue weighted by molar-refractivity contribution is 5.75. The minimum absolute atomic E-state index is 0.318. The Balaban J connectivity index is 2.96. The summed E-state index contributed by atoms with van der Waals surface area (Å²) in [6.45, 7) is 5.58. The van der Waals surface area contributed by atoms with Gasteiger partial charge in [-0.05, 0) is 26.8 Å². The van der Waals surface area contributed by atoms with Crippen LogP contribution in [0.1, 0.15) is 31.2 Å². The zero-order valence-electron chi connectivity index (χ0n) is 10.5. The number of aliphatic hydroxyl groups excluding tert-OH is 1. The highest BCUT2D eigenvalue weighted by Crippen LogP contribution is 2.18. The Bertz CT molecular complexity index is 713. The quantitative estimate of drug-likeness (QED) is 0.809. The molecular weight excluding hydrogens is 234 g/mol. The molecule has 1 atom stereocenters. The second-order valence-electron chi connectivity index (χ2n) is 4.21. The number of aromatic amines is 1. The summed E-state index contributed by atoms with van der Waals surface area (Å²) in [4.78, 5) is 29.9. The van der Waals surface area contributed by atoms with E-state index in [1.165, 1.54) is 4.57 Å². The Kier molecular flexibility index (Phi) is 3.04. The first-order valence-corrected chi connectivity index (χ1v) is 5.78. The van der Waals surface area contributed by atoms with Crippen LogP contribution in [-0.2, 0) is 6.54 Å². The minimum Gasteiger partial charge on any atom is -0.389 e. The van der Waals surface area contributed by atoms with E-state index in [9.17, 15) is 14.7 Å². The Labute approximate surface area is 103 Å². The topological polar surface area (TPSA) is 88.0 Å². The average Bonchev–Trinajstić information content (AvgIpc) is 2.28. The minimum atomic E-state index is -0.705. The molecule has 2 N–H and O–H groups in total. The van der Waals surface area contributed by atoms with Gasteiger partial charge in [0.2, 0.25) is 0 Å². The summed E-state index contributed by atoms with van der Waals surface area (Å²) in [5.41, 5.74) is 0.618. The Morgan fingerprint density at radius 3 is 2.72 bits per heavy atom. The molecule has 0 spiro atoms. The van der Waals surface area contributed by atoms with Crippen molar-refractivity contribution in [2.24, 2.45) is 0 Å². The first-order chi connectivity index (χ1) is 8.45. The van der Waals surface area contributed by atoms with Gasteiger partial charge in [-0.3, -0.25) is 14.3 Å². The van der Waals surface area contributed by atoms with Crippen LogP contribution in [-0.4, -0.2) is 19.6 Å². The summed E-state index contributed by atoms with van der Waals surface area (Å²) < 4.78 is 1.40. The van der Waals surface area contributed by atoms with Gasteiger partial charge in [-0.2, -0.15) is 0 Å². The van der Waals surface area contributed by atoms with Gasteiger partial charge in [-0.1, -0.05) is 0 Å². The van der Waals surface area contributed by atoms with E-state index in [-0.39, 0.29) is 0 Å². The highest BCUT2D eigenvalue weighted by Gasteiger charge is 2.13. The fourth-order valence-corrected chi connectivity index (χ4v) is 2.03. The van der Waals surface area contributed by atoms with E-state index in [0.717, 1.165) is 0 Å². The molecule has 0 aliphatic heterocycles. The van der Waals surface area contributed by atoms with Crippen molar-refractivity contribution in [2.75, 3.05) is 0 Å². The van der Waals surface area contributed by atoms with Crippen LogP contribution >= 0.6 is 0 Å². The molecule has 2 aromatic rings. The summed E-state index contributed by atoms with van der Waals surface area (Å²) in [6, 6.07) is 1.59. The first-order valence-electron chi connectivity index (χ1n) is 5.78. The number of nitrogens with zero attached hydrogens (tertiary/aromatic N) is 2. The summed E-state index contributed by atoms with van der Waals surface area (Å²) in [5, 5.41) is 9.93. The van der Waals surface area contributed by atoms with Crippen molar-refractivity contribution in [3.05, 3.63) is 38.2 Å². The smallest absolute Gasteiger partial charge is 0.329 e. The van der Waals surface area contributed by atoms with Gasteiger partial charge in [-0.15, -0.1) is 0 Å². The van der Waals surface area contributed by atoms with Gasteiger partial charge in [0.1, 0.15) is 5.65 Å². The third kappa shape index (κ3) is 1.84. The van der Waals surface area contributed by atoms with Gasteiger partial charge in [-0.25, -0.2) is 9.78 Å². The summed E-state index contributed by atoms with van der Waals surface area (Å²) >= 11 is 0. The van der Waals surface area contributed by atoms with E-state index in [4.69, 9.17) is 0 Å². The second-order valence-corrected chi connectivity index (χ2v) is 4.21. The number of aryl methyl sites for hydroxylation is 2. The fraction of sp³-hybridized carbons (Fsp3) is 0.417. The maximum Gasteiger partial charge on any atom is 0.329 e. The van der Waals surface area contributed by atoms with Crippen molar-refractivity contribution in [1.82, 2.24) is 14.5 Å². The molecule has 2 aromatic heterocycles. The zero-order valence-corrected chi connectivity index (χ0v) is 10.5. The molecule has 6 nitrogen and oxygen atoms in total. The molecular formula is C12H15N3O3. The Hall–Kier alpha value is -1.95. The lowest BCUT2D eigenvalue weighted by Gasteiger charge is -2.11. The highest BCUT2D eigenvalue weighted by atomic mass is 16.3. The molecule has 6 heteroatoms. The molecule has 1 unspecified atom stereocenters. The van der Waals surface area contributed by atoms with Gasteiger partial charge in [0, 0.05) is 17.8 Å². The number of fused-ring (bicyclic) bond motifs is 1. The van der Waals surface area contributed by atoms with Crippen LogP contribution in [0.2, 0.25) is 0 Å². The standard InChI is InChI=1S/C12H15N3O3/c1-4-15-10-9(11(17)14-12(15)18)5-8(7(3)16)6(2)13-10/h5,7,16H,4H2,1-3H3,(H,14,17,18). The van der Waals surface area contributed by atoms with Gasteiger partial charge in [0.25, 0.3) is 5.56 Å². The van der Waals surface area contributed by atoms with Gasteiger partial charge in [0.05, 0.1) is 11.5 Å². The normalized spacial score (nSPS) is 12.9. The van der Waals surface area contributed by atoms with Gasteiger partial charge in [0.15, 0.2) is 0 Å². The fourth-order valence-electron chi connectivity index (χ4n) is 2.03. The number of nitrogens with one attached hydrogen (secondary N) is 1. The largest absolute Gasteiger partial charge is 0.389 e. The van der Waals surface area contributed by atoms with E-state index in [1.807, 2.05) is 0 Å². The van der Waals surface area contributed by atoms with Crippen LogP contribution in [0, 0.1) is 6.92 Å². The maximum absolute atomic E-state index is 11.8. The van der Waals surface area contributed by atoms with Crippen molar-refractivity contribution >= 4 is 11.0 Å². The van der Waals surface area contributed by atoms with Crippen molar-refractivity contribution in [3.63, 3.8) is 0 Å². The molecule has 0 fully saturated rings. The number of aromatic nitrogens is 3. The number of hydrogen-bond donors (Lipinski definition) is 2. The average molecular weight is 249 g/mol. The predicted octanol–water partition coefficient (Wildman–Crippen LogP) is 0.466. The molecule has 2 heterocycles. The first kappa shape index (κ1) is 12.5. The van der Waals surface area contributed by atoms with Crippen molar-refractivity contribution in [3.8, 4) is 0 Å². The molecule has 0 aliphatic rings. The molecule has 2 rings (SSSR count). The van der Waals surface area contributed by atoms with E-state index in [0.29, 0.717) is 28.8 Å². The molecule has 0 aliphatic carbocycles. The molecule has 0 aromatic carbocycles. The van der Waals surface area contributed by atoms with Crippen molar-refractivity contribution in [1.29, 1.82) is 0 Å². The maximum atomic E-state index is 11.8. The van der Waals surface area contributed by atoms with Crippen LogP contribution in [0.15, 0.2) is 15.7 Å². The zero-order chi connectivity index (χ0) is 13.4. The van der Waals surface area contributed by atoms with Crippen molar-refractivity contribution < 1.29 is 5.11 Å². The third-order valence-electron chi connectivity index (χ3n) is 2.96. The number of rotatable bonds is 2. The number of hydrogen-bond acceptors (Lipinski definition) is 4. The van der Waals surface area contributed by atoms with Gasteiger partial charge < -0.3 is 5.11 Å². The lowest BCUT2D eigenvalue weighted by Crippen LogP contribution is -2.30. The Morgan fingerprint density at radius 1 is 1.50 bits per heavy atom. The summed E-state index contributed by atoms with van der Waals surface area (Å²) in [5.74, 6) is 0. The van der Waals surface area contributed by atoms with Crippen LogP contribution < -0.4 is 11.2 Å². The molecule has 0 saturated heterocycles. The van der Waals surface area contributed by atoms with Crippen LogP contribution in [0.3, 0.4) is 0 Å². The van der Waals surface area contributed by atoms with Crippen LogP contribution in [0.5, 0.6) is 0 Å². The molecule has 96 valence electrons. The molecule has 0 radical (unpaired) electrons.